The van der Waals surface area contributed by atoms with Gasteiger partial charge in [-0.25, -0.2) is 28.6 Å². The van der Waals surface area contributed by atoms with E-state index in [4.69, 9.17) is 19.5 Å². The number of nitrogens with one attached hydrogen (secondary N) is 2. The number of anilines is 1. The number of ether oxygens (including phenoxy) is 1. The summed E-state index contributed by atoms with van der Waals surface area (Å²) in [6.07, 6.45) is 16.9. The van der Waals surface area contributed by atoms with E-state index in [1.807, 2.05) is 0 Å². The minimum absolute atomic E-state index is 0.0342. The van der Waals surface area contributed by atoms with E-state index in [1.54, 1.807) is 0 Å². The number of nitrogen functional groups attached to an aromatic ring is 1. The molecule has 1 fully saturated rings. The van der Waals surface area contributed by atoms with Gasteiger partial charge in [-0.3, -0.25) is 32.5 Å². The van der Waals surface area contributed by atoms with Gasteiger partial charge < -0.3 is 50.9 Å². The molecule has 0 radical (unpaired) electrons. The Hall–Kier alpha value is -2.44. The van der Waals surface area contributed by atoms with E-state index < -0.39 is 84.6 Å². The van der Waals surface area contributed by atoms with Gasteiger partial charge in [0.05, 0.1) is 19.5 Å². The first-order valence-corrected chi connectivity index (χ1v) is 30.5. The summed E-state index contributed by atoms with van der Waals surface area (Å²) in [5.74, 6) is -0.552. The molecule has 1 saturated heterocycles. The zero-order valence-electron chi connectivity index (χ0n) is 42.1. The zero-order valence-corrected chi connectivity index (χ0v) is 45.6. The number of hydrogen-bond donors (Lipinski definition) is 9. The highest BCUT2D eigenvalue weighted by atomic mass is 32.2. The first-order chi connectivity index (χ1) is 33.9. The van der Waals surface area contributed by atoms with Crippen LogP contribution in [0.15, 0.2) is 12.7 Å². The second-order valence-corrected chi connectivity index (χ2v) is 24.4. The molecule has 414 valence electrons. The van der Waals surface area contributed by atoms with Crippen molar-refractivity contribution < 1.29 is 80.5 Å². The van der Waals surface area contributed by atoms with Crippen LogP contribution in [0.5, 0.6) is 0 Å². The van der Waals surface area contributed by atoms with Crippen molar-refractivity contribution in [3.8, 4) is 0 Å². The average molecular weight is 1100 g/mol. The number of fused-ring (bicyclic) bond motifs is 1. The Labute approximate surface area is 426 Å². The number of aliphatic hydroxyl groups is 2. The van der Waals surface area contributed by atoms with Crippen LogP contribution in [0.25, 0.3) is 11.2 Å². The lowest BCUT2D eigenvalue weighted by molar-refractivity contribution is -0.137. The highest BCUT2D eigenvalue weighted by Crippen LogP contribution is 2.61. The number of thioether (sulfide) groups is 1. The normalized spacial score (nSPS) is 20.0. The van der Waals surface area contributed by atoms with Crippen molar-refractivity contribution in [1.82, 2.24) is 30.2 Å². The lowest BCUT2D eigenvalue weighted by Crippen LogP contribution is -2.46. The molecule has 3 rings (SSSR count). The summed E-state index contributed by atoms with van der Waals surface area (Å²) in [5.41, 5.74) is 4.29. The van der Waals surface area contributed by atoms with Crippen LogP contribution in [0.4, 0.5) is 5.82 Å². The van der Waals surface area contributed by atoms with Crippen LogP contribution in [0.3, 0.4) is 0 Å². The van der Waals surface area contributed by atoms with E-state index in [1.165, 1.54) is 117 Å². The smallest absolute Gasteiger partial charge is 0.386 e. The molecular formula is C44H80N7O17P3S. The van der Waals surface area contributed by atoms with Crippen LogP contribution in [-0.2, 0) is 50.7 Å². The van der Waals surface area contributed by atoms with E-state index in [0.29, 0.717) is 18.1 Å². The average Bonchev–Trinajstić information content (AvgIpc) is 3.87. The highest BCUT2D eigenvalue weighted by molar-refractivity contribution is 8.13. The Bertz CT molecular complexity index is 2100. The van der Waals surface area contributed by atoms with Crippen molar-refractivity contribution in [2.45, 2.75) is 187 Å². The maximum absolute atomic E-state index is 12.8. The summed E-state index contributed by atoms with van der Waals surface area (Å²) in [6, 6.07) is 0. The van der Waals surface area contributed by atoms with Gasteiger partial charge in [-0.2, -0.15) is 4.31 Å². The third-order valence-corrected chi connectivity index (χ3v) is 16.2. The predicted octanol–water partition coefficient (Wildman–Crippen LogP) is 6.73. The molecule has 8 atom stereocenters. The van der Waals surface area contributed by atoms with Gasteiger partial charge in [0, 0.05) is 37.1 Å². The number of nitrogens with two attached hydrogens (primary N) is 1. The fraction of sp³-hybridized carbons (Fsp3) is 0.818. The maximum Gasteiger partial charge on any atom is 0.481 e. The van der Waals surface area contributed by atoms with Gasteiger partial charge in [-0.1, -0.05) is 149 Å². The van der Waals surface area contributed by atoms with E-state index in [0.717, 1.165) is 41.8 Å². The second-order valence-electron chi connectivity index (χ2n) is 19.0. The molecule has 24 nitrogen and oxygen atoms in total. The van der Waals surface area contributed by atoms with Crippen molar-refractivity contribution in [2.75, 3.05) is 37.8 Å². The molecule has 10 N–H and O–H groups in total. The summed E-state index contributed by atoms with van der Waals surface area (Å²) < 4.78 is 62.6. The first kappa shape index (κ1) is 63.8. The van der Waals surface area contributed by atoms with Crippen LogP contribution < -0.4 is 16.4 Å². The molecule has 8 unspecified atom stereocenters. The van der Waals surface area contributed by atoms with Crippen molar-refractivity contribution in [1.29, 1.82) is 0 Å². The summed E-state index contributed by atoms with van der Waals surface area (Å²) >= 11 is 1.16. The van der Waals surface area contributed by atoms with Crippen LogP contribution in [-0.4, -0.2) is 123 Å². The molecule has 0 bridgehead atoms. The fourth-order valence-electron chi connectivity index (χ4n) is 7.92. The predicted molar refractivity (Wildman–Crippen MR) is 270 cm³/mol. The van der Waals surface area contributed by atoms with Gasteiger partial charge in [0.1, 0.15) is 36.3 Å². The number of imidazole rings is 1. The molecule has 2 amide bonds. The molecule has 0 saturated carbocycles. The van der Waals surface area contributed by atoms with Crippen LogP contribution in [0.1, 0.15) is 162 Å². The number of phosphoric acid groups is 3. The zero-order chi connectivity index (χ0) is 53.4. The van der Waals surface area contributed by atoms with Crippen LogP contribution >= 0.6 is 35.2 Å². The van der Waals surface area contributed by atoms with Gasteiger partial charge in [0.15, 0.2) is 22.8 Å². The standard InChI is InChI=1S/C44H80N7O17P3S/c1-5-6-7-8-9-10-11-12-13-14-15-16-17-18-19-20-21-32(2)22-23-35(53)72-27-26-46-34(52)24-25-47-42(56)39(55)44(3,4)29-65-71(62,63)68-70(60,61)64-28-33-38(67-69(57,58)59)37(54)43(66-33)51-31-50-36-40(45)48-30-49-41(36)51/h30-33,37-39,43,54-55H,5-29H2,1-4H3,(H,46,52)(H,47,56)(H,60,61)(H,62,63)(H2,45,48,49)(H2,57,58,59). The van der Waals surface area contributed by atoms with Gasteiger partial charge in [-0.15, -0.1) is 0 Å². The molecule has 0 spiro atoms. The number of nitrogens with zero attached hydrogens (tertiary/aromatic N) is 4. The fourth-order valence-corrected chi connectivity index (χ4v) is 11.4. The van der Waals surface area contributed by atoms with Crippen molar-refractivity contribution in [3.63, 3.8) is 0 Å². The number of carbonyl (C=O) groups excluding carboxylic acids is 3. The molecule has 72 heavy (non-hydrogen) atoms. The molecule has 3 heterocycles. The Morgan fingerprint density at radius 3 is 2.01 bits per heavy atom. The van der Waals surface area contributed by atoms with Crippen molar-refractivity contribution in [2.24, 2.45) is 11.3 Å². The van der Waals surface area contributed by atoms with Gasteiger partial charge in [0.2, 0.25) is 11.8 Å². The molecular weight excluding hydrogens is 1020 g/mol. The summed E-state index contributed by atoms with van der Waals surface area (Å²) in [6.45, 7) is 5.02. The van der Waals surface area contributed by atoms with E-state index in [9.17, 15) is 57.9 Å². The third kappa shape index (κ3) is 24.5. The van der Waals surface area contributed by atoms with E-state index >= 15 is 0 Å². The number of carbonyl (C=O) groups is 3. The van der Waals surface area contributed by atoms with Gasteiger partial charge >= 0.3 is 23.5 Å². The molecule has 2 aromatic heterocycles. The summed E-state index contributed by atoms with van der Waals surface area (Å²) in [7, 11) is -16.4. The lowest BCUT2D eigenvalue weighted by Gasteiger charge is -2.30. The summed E-state index contributed by atoms with van der Waals surface area (Å²) in [4.78, 5) is 88.8. The SMILES string of the molecule is CCCCCCCCCCCCCCCCCCC(C)CCC(=O)SCCNC(=O)CCNC(=O)C(O)C(C)(C)COP(=O)(O)OP(=O)(O)OCC1OC(n2cnc3c(N)ncnc32)C(O)C1OP(=O)(O)O. The molecule has 1 aliphatic rings. The minimum atomic E-state index is -5.58. The molecule has 2 aromatic rings. The van der Waals surface area contributed by atoms with Crippen LogP contribution in [0, 0.1) is 11.3 Å². The van der Waals surface area contributed by atoms with E-state index in [2.05, 4.69) is 48.3 Å². The van der Waals surface area contributed by atoms with Gasteiger partial charge in [0.25, 0.3) is 0 Å². The Kier molecular flexibility index (Phi) is 28.6. The molecule has 0 aliphatic carbocycles. The lowest BCUT2D eigenvalue weighted by atomic mass is 9.87. The molecule has 0 aromatic carbocycles. The Morgan fingerprint density at radius 2 is 1.42 bits per heavy atom. The van der Waals surface area contributed by atoms with Crippen molar-refractivity contribution >= 4 is 69.1 Å². The second kappa shape index (κ2) is 32.2. The Balaban J connectivity index is 1.26. The quantitative estimate of drug-likeness (QED) is 0.0247. The Morgan fingerprint density at radius 1 is 0.833 bits per heavy atom. The van der Waals surface area contributed by atoms with Gasteiger partial charge in [-0.05, 0) is 12.3 Å². The first-order valence-electron chi connectivity index (χ1n) is 25.0. The van der Waals surface area contributed by atoms with Crippen LogP contribution in [0.2, 0.25) is 0 Å². The largest absolute Gasteiger partial charge is 0.481 e. The van der Waals surface area contributed by atoms with Crippen molar-refractivity contribution in [3.05, 3.63) is 12.7 Å². The topological polar surface area (TPSA) is 364 Å². The highest BCUT2D eigenvalue weighted by Gasteiger charge is 2.50. The third-order valence-electron chi connectivity index (χ3n) is 12.2. The number of unbranched alkanes of at least 4 members (excludes halogenated alkanes) is 15. The molecule has 28 heteroatoms. The number of phosphoric ester groups is 3. The maximum atomic E-state index is 12.8. The number of amides is 2. The van der Waals surface area contributed by atoms with E-state index in [-0.39, 0.29) is 41.6 Å². The summed E-state index contributed by atoms with van der Waals surface area (Å²) in [5, 5.41) is 26.7. The monoisotopic (exact) mass is 1100 g/mol. The number of aromatic nitrogens is 4. The number of rotatable bonds is 39. The number of hydrogen-bond acceptors (Lipinski definition) is 18. The minimum Gasteiger partial charge on any atom is -0.386 e. The number of aliphatic hydroxyl groups excluding tert-OH is 2. The molecule has 1 aliphatic heterocycles.